The number of benzene rings is 2. The van der Waals surface area contributed by atoms with E-state index in [1.165, 1.54) is 12.1 Å². The molecule has 2 aromatic carbocycles. The van der Waals surface area contributed by atoms with Crippen LogP contribution in [-0.2, 0) is 6.54 Å². The van der Waals surface area contributed by atoms with Gasteiger partial charge in [0, 0.05) is 41.6 Å². The van der Waals surface area contributed by atoms with Crippen molar-refractivity contribution in [3.63, 3.8) is 0 Å². The number of aromatic nitrogens is 1. The van der Waals surface area contributed by atoms with Crippen molar-refractivity contribution in [3.8, 4) is 0 Å². The Hall–Kier alpha value is -2.96. The number of amides is 1. The molecule has 7 heteroatoms. The van der Waals surface area contributed by atoms with Crippen LogP contribution in [0.15, 0.2) is 66.9 Å². The van der Waals surface area contributed by atoms with Gasteiger partial charge in [-0.1, -0.05) is 17.7 Å². The normalized spacial score (nSPS) is 15.8. The van der Waals surface area contributed by atoms with E-state index in [1.54, 1.807) is 47.5 Å². The number of carbonyl (C=O) groups excluding carboxylic acids is 1. The minimum absolute atomic E-state index is 0.191. The second-order valence-corrected chi connectivity index (χ2v) is 8.06. The molecule has 0 radical (unpaired) electrons. The Balaban J connectivity index is 1.56. The van der Waals surface area contributed by atoms with Gasteiger partial charge in [0.05, 0.1) is 6.54 Å². The van der Waals surface area contributed by atoms with E-state index in [4.69, 9.17) is 11.6 Å². The number of likely N-dealkylation sites (N-methyl/N-ethyl adjacent to an activating group) is 1. The molecule has 1 aliphatic rings. The average molecular weight is 439 g/mol. The molecule has 0 saturated carbocycles. The molecule has 1 amide bonds. The Morgan fingerprint density at radius 1 is 1.16 bits per heavy atom. The Bertz CT molecular complexity index is 1020. The van der Waals surface area contributed by atoms with Gasteiger partial charge < -0.3 is 15.1 Å². The van der Waals surface area contributed by atoms with Crippen LogP contribution in [0.4, 0.5) is 15.9 Å². The lowest BCUT2D eigenvalue weighted by molar-refractivity contribution is 0.0985. The van der Waals surface area contributed by atoms with Crippen LogP contribution >= 0.6 is 11.6 Å². The largest absolute Gasteiger partial charge is 0.355 e. The van der Waals surface area contributed by atoms with Crippen molar-refractivity contribution < 1.29 is 9.18 Å². The summed E-state index contributed by atoms with van der Waals surface area (Å²) >= 11 is 5.96. The first-order valence-corrected chi connectivity index (χ1v) is 10.6. The fourth-order valence-corrected chi connectivity index (χ4v) is 3.86. The Morgan fingerprint density at radius 3 is 2.52 bits per heavy atom. The monoisotopic (exact) mass is 438 g/mol. The number of nitrogens with one attached hydrogen (secondary N) is 1. The zero-order valence-corrected chi connectivity index (χ0v) is 18.0. The van der Waals surface area contributed by atoms with Crippen LogP contribution in [0.5, 0.6) is 0 Å². The molecule has 0 aliphatic carbocycles. The molecule has 1 N–H and O–H groups in total. The third-order valence-electron chi connectivity index (χ3n) is 5.54. The highest BCUT2D eigenvalue weighted by Gasteiger charge is 2.22. The maximum absolute atomic E-state index is 13.5. The number of halogens is 2. The van der Waals surface area contributed by atoms with Crippen molar-refractivity contribution in [1.29, 1.82) is 0 Å². The first-order chi connectivity index (χ1) is 15.0. The van der Waals surface area contributed by atoms with Gasteiger partial charge in [0.1, 0.15) is 11.6 Å². The second kappa shape index (κ2) is 9.45. The maximum Gasteiger partial charge on any atom is 0.258 e. The van der Waals surface area contributed by atoms with E-state index in [9.17, 15) is 9.18 Å². The molecule has 1 unspecified atom stereocenters. The summed E-state index contributed by atoms with van der Waals surface area (Å²) in [5.41, 5.74) is 2.01. The summed E-state index contributed by atoms with van der Waals surface area (Å²) in [6, 6.07) is 17.1. The summed E-state index contributed by atoms with van der Waals surface area (Å²) in [5, 5.41) is 3.87. The quantitative estimate of drug-likeness (QED) is 0.614. The molecule has 31 heavy (non-hydrogen) atoms. The first-order valence-electron chi connectivity index (χ1n) is 10.2. The number of hydrogen-bond donors (Lipinski definition) is 1. The predicted octanol–water partition coefficient (Wildman–Crippen LogP) is 4.52. The molecule has 5 nitrogen and oxygen atoms in total. The van der Waals surface area contributed by atoms with Crippen LogP contribution in [0.25, 0.3) is 0 Å². The zero-order valence-electron chi connectivity index (χ0n) is 17.3. The van der Waals surface area contributed by atoms with E-state index in [0.717, 1.165) is 30.9 Å². The van der Waals surface area contributed by atoms with Crippen molar-refractivity contribution in [1.82, 2.24) is 10.3 Å². The molecule has 1 aliphatic heterocycles. The SMILES string of the molecule is CNC1CCN(c2ccc(CN(C(=O)c3ccc(Cl)cc3)c3ccc(F)cc3)cn2)C1. The first kappa shape index (κ1) is 21.3. The zero-order chi connectivity index (χ0) is 21.8. The van der Waals surface area contributed by atoms with Crippen molar-refractivity contribution >= 4 is 29.0 Å². The summed E-state index contributed by atoms with van der Waals surface area (Å²) < 4.78 is 13.5. The highest BCUT2D eigenvalue weighted by Crippen LogP contribution is 2.23. The second-order valence-electron chi connectivity index (χ2n) is 7.62. The minimum atomic E-state index is -0.348. The fraction of sp³-hybridized carbons (Fsp3) is 0.250. The van der Waals surface area contributed by atoms with E-state index in [1.807, 2.05) is 19.2 Å². The van der Waals surface area contributed by atoms with Gasteiger partial charge in [-0.3, -0.25) is 4.79 Å². The lowest BCUT2D eigenvalue weighted by Gasteiger charge is -2.24. The topological polar surface area (TPSA) is 48.5 Å². The number of nitrogens with zero attached hydrogens (tertiary/aromatic N) is 3. The van der Waals surface area contributed by atoms with Gasteiger partial charge in [0.25, 0.3) is 5.91 Å². The molecule has 2 heterocycles. The minimum Gasteiger partial charge on any atom is -0.355 e. The van der Waals surface area contributed by atoms with Crippen molar-refractivity contribution in [3.05, 3.63) is 88.8 Å². The number of rotatable bonds is 6. The third kappa shape index (κ3) is 5.03. The lowest BCUT2D eigenvalue weighted by Crippen LogP contribution is -2.31. The van der Waals surface area contributed by atoms with E-state index < -0.39 is 0 Å². The molecule has 1 atom stereocenters. The molecule has 1 saturated heterocycles. The molecular formula is C24H24ClFN4O. The van der Waals surface area contributed by atoms with Crippen LogP contribution in [0, 0.1) is 5.82 Å². The van der Waals surface area contributed by atoms with E-state index >= 15 is 0 Å². The summed E-state index contributed by atoms with van der Waals surface area (Å²) in [6.45, 7) is 2.22. The van der Waals surface area contributed by atoms with Crippen molar-refractivity contribution in [2.75, 3.05) is 29.9 Å². The van der Waals surface area contributed by atoms with E-state index in [2.05, 4.69) is 15.2 Å². The number of anilines is 2. The number of hydrogen-bond acceptors (Lipinski definition) is 4. The Morgan fingerprint density at radius 2 is 1.90 bits per heavy atom. The molecule has 0 spiro atoms. The van der Waals surface area contributed by atoms with Gasteiger partial charge >= 0.3 is 0 Å². The van der Waals surface area contributed by atoms with Crippen LogP contribution in [0.2, 0.25) is 5.02 Å². The van der Waals surface area contributed by atoms with Gasteiger partial charge in [0.15, 0.2) is 0 Å². The van der Waals surface area contributed by atoms with Gasteiger partial charge in [-0.25, -0.2) is 9.37 Å². The Kier molecular flexibility index (Phi) is 6.49. The molecule has 1 aromatic heterocycles. The molecular weight excluding hydrogens is 415 g/mol. The van der Waals surface area contributed by atoms with Crippen molar-refractivity contribution in [2.24, 2.45) is 0 Å². The predicted molar refractivity (Wildman–Crippen MR) is 122 cm³/mol. The van der Waals surface area contributed by atoms with E-state index in [-0.39, 0.29) is 11.7 Å². The molecule has 160 valence electrons. The van der Waals surface area contributed by atoms with E-state index in [0.29, 0.717) is 28.9 Å². The van der Waals surface area contributed by atoms with Gasteiger partial charge in [-0.05, 0) is 73.6 Å². The van der Waals surface area contributed by atoms with Crippen LogP contribution in [0.1, 0.15) is 22.3 Å². The summed E-state index contributed by atoms with van der Waals surface area (Å²) in [7, 11) is 1.98. The summed E-state index contributed by atoms with van der Waals surface area (Å²) in [6.07, 6.45) is 2.89. The van der Waals surface area contributed by atoms with Gasteiger partial charge in [-0.2, -0.15) is 0 Å². The molecule has 1 fully saturated rings. The highest BCUT2D eigenvalue weighted by molar-refractivity contribution is 6.30. The molecule has 3 aromatic rings. The van der Waals surface area contributed by atoms with Crippen molar-refractivity contribution in [2.45, 2.75) is 19.0 Å². The smallest absolute Gasteiger partial charge is 0.258 e. The average Bonchev–Trinajstić information content (AvgIpc) is 3.28. The summed E-state index contributed by atoms with van der Waals surface area (Å²) in [4.78, 5) is 21.7. The van der Waals surface area contributed by atoms with Gasteiger partial charge in [0.2, 0.25) is 0 Å². The van der Waals surface area contributed by atoms with Crippen LogP contribution in [-0.4, -0.2) is 37.1 Å². The molecule has 4 rings (SSSR count). The highest BCUT2D eigenvalue weighted by atomic mass is 35.5. The standard InChI is InChI=1S/C24H24ClFN4O/c1-27-21-12-13-29(16-21)23-11-2-17(14-28-23)15-30(22-9-7-20(26)8-10-22)24(31)18-3-5-19(25)6-4-18/h2-11,14,21,27H,12-13,15-16H2,1H3. The fourth-order valence-electron chi connectivity index (χ4n) is 3.73. The van der Waals surface area contributed by atoms with Gasteiger partial charge in [-0.15, -0.1) is 0 Å². The summed E-state index contributed by atoms with van der Waals surface area (Å²) in [5.74, 6) is 0.391. The Labute approximate surface area is 186 Å². The van der Waals surface area contributed by atoms with Crippen LogP contribution in [0.3, 0.4) is 0 Å². The number of pyridine rings is 1. The third-order valence-corrected chi connectivity index (χ3v) is 5.80. The molecule has 0 bridgehead atoms. The van der Waals surface area contributed by atoms with Crippen LogP contribution < -0.4 is 15.1 Å². The lowest BCUT2D eigenvalue weighted by atomic mass is 10.1. The number of carbonyl (C=O) groups is 1. The maximum atomic E-state index is 13.5.